The van der Waals surface area contributed by atoms with E-state index in [0.717, 1.165) is 24.2 Å². The standard InChI is InChI=1S/C27H31NO2/c1-19-9-20(2)12-25(11-19)15-27(29)30-18-24-7-5-23(6-8-24)16-28-17-26-13-21(3)10-22(4)14-26/h5-14,28H,15-18H2,1-4H3/p+1. The van der Waals surface area contributed by atoms with Gasteiger partial charge in [0, 0.05) is 11.1 Å². The molecule has 0 spiro atoms. The van der Waals surface area contributed by atoms with Gasteiger partial charge in [-0.25, -0.2) is 0 Å². The van der Waals surface area contributed by atoms with Crippen molar-refractivity contribution in [2.24, 2.45) is 0 Å². The zero-order chi connectivity index (χ0) is 21.5. The number of hydrogen-bond donors (Lipinski definition) is 1. The van der Waals surface area contributed by atoms with Crippen molar-refractivity contribution in [3.05, 3.63) is 105 Å². The molecule has 3 heteroatoms. The molecule has 3 aromatic carbocycles. The summed E-state index contributed by atoms with van der Waals surface area (Å²) in [5.74, 6) is -0.189. The van der Waals surface area contributed by atoms with E-state index < -0.39 is 0 Å². The van der Waals surface area contributed by atoms with E-state index in [1.54, 1.807) is 0 Å². The fourth-order valence-corrected chi connectivity index (χ4v) is 3.92. The number of quaternary nitrogens is 1. The zero-order valence-corrected chi connectivity index (χ0v) is 18.5. The van der Waals surface area contributed by atoms with Crippen LogP contribution in [0.4, 0.5) is 0 Å². The summed E-state index contributed by atoms with van der Waals surface area (Å²) in [6, 6.07) is 21.2. The van der Waals surface area contributed by atoms with Gasteiger partial charge in [-0.15, -0.1) is 0 Å². The molecule has 0 saturated heterocycles. The summed E-state index contributed by atoms with van der Waals surface area (Å²) in [6.45, 7) is 10.6. The highest BCUT2D eigenvalue weighted by atomic mass is 16.5. The second-order valence-electron chi connectivity index (χ2n) is 8.34. The Bertz CT molecular complexity index is 965. The first-order valence-corrected chi connectivity index (χ1v) is 10.6. The first kappa shape index (κ1) is 21.8. The van der Waals surface area contributed by atoms with Crippen LogP contribution in [0.15, 0.2) is 60.7 Å². The number of nitrogens with two attached hydrogens (primary N) is 1. The summed E-state index contributed by atoms with van der Waals surface area (Å²) in [6.07, 6.45) is 0.313. The number of benzene rings is 3. The molecule has 0 saturated carbocycles. The molecule has 3 nitrogen and oxygen atoms in total. The summed E-state index contributed by atoms with van der Waals surface area (Å²) >= 11 is 0. The summed E-state index contributed by atoms with van der Waals surface area (Å²) in [5, 5.41) is 2.31. The Balaban J connectivity index is 1.44. The second-order valence-corrected chi connectivity index (χ2v) is 8.34. The van der Waals surface area contributed by atoms with Crippen LogP contribution in [0.5, 0.6) is 0 Å². The average molecular weight is 403 g/mol. The van der Waals surface area contributed by atoms with Gasteiger partial charge < -0.3 is 10.1 Å². The quantitative estimate of drug-likeness (QED) is 0.565. The summed E-state index contributed by atoms with van der Waals surface area (Å²) < 4.78 is 5.47. The van der Waals surface area contributed by atoms with Gasteiger partial charge in [0.2, 0.25) is 0 Å². The van der Waals surface area contributed by atoms with Crippen LogP contribution in [-0.4, -0.2) is 5.97 Å². The lowest BCUT2D eigenvalue weighted by Gasteiger charge is -2.08. The minimum absolute atomic E-state index is 0.189. The van der Waals surface area contributed by atoms with Gasteiger partial charge in [-0.3, -0.25) is 4.79 Å². The van der Waals surface area contributed by atoms with Gasteiger partial charge in [-0.05, 0) is 38.8 Å². The maximum atomic E-state index is 12.2. The van der Waals surface area contributed by atoms with Crippen LogP contribution in [0, 0.1) is 27.7 Å². The molecule has 0 aliphatic heterocycles. The predicted molar refractivity (Wildman–Crippen MR) is 121 cm³/mol. The number of aryl methyl sites for hydroxylation is 4. The highest BCUT2D eigenvalue weighted by Gasteiger charge is 2.07. The molecule has 0 heterocycles. The Morgan fingerprint density at radius 1 is 0.667 bits per heavy atom. The lowest BCUT2D eigenvalue weighted by molar-refractivity contribution is -0.686. The molecule has 0 aromatic heterocycles. The Morgan fingerprint density at radius 3 is 1.70 bits per heavy atom. The number of carbonyl (C=O) groups excluding carboxylic acids is 1. The van der Waals surface area contributed by atoms with Crippen LogP contribution in [0.3, 0.4) is 0 Å². The minimum Gasteiger partial charge on any atom is -0.461 e. The van der Waals surface area contributed by atoms with Crippen LogP contribution >= 0.6 is 0 Å². The molecular weight excluding hydrogens is 370 g/mol. The maximum Gasteiger partial charge on any atom is 0.310 e. The van der Waals surface area contributed by atoms with Gasteiger partial charge >= 0.3 is 5.97 Å². The Kier molecular flexibility index (Phi) is 7.42. The van der Waals surface area contributed by atoms with Crippen molar-refractivity contribution in [2.75, 3.05) is 0 Å². The topological polar surface area (TPSA) is 42.9 Å². The van der Waals surface area contributed by atoms with E-state index in [2.05, 4.69) is 55.6 Å². The van der Waals surface area contributed by atoms with Crippen molar-refractivity contribution in [3.8, 4) is 0 Å². The third-order valence-corrected chi connectivity index (χ3v) is 5.09. The smallest absolute Gasteiger partial charge is 0.310 e. The minimum atomic E-state index is -0.189. The van der Waals surface area contributed by atoms with E-state index in [1.807, 2.05) is 38.1 Å². The van der Waals surface area contributed by atoms with Gasteiger partial charge in [0.15, 0.2) is 0 Å². The predicted octanol–water partition coefficient (Wildman–Crippen LogP) is 4.47. The van der Waals surface area contributed by atoms with Crippen molar-refractivity contribution < 1.29 is 14.8 Å². The molecule has 3 aromatic rings. The van der Waals surface area contributed by atoms with E-state index in [1.165, 1.54) is 33.4 Å². The molecular formula is C27H32NO2+. The number of esters is 1. The van der Waals surface area contributed by atoms with Gasteiger partial charge in [0.25, 0.3) is 0 Å². The van der Waals surface area contributed by atoms with Crippen molar-refractivity contribution >= 4 is 5.97 Å². The lowest BCUT2D eigenvalue weighted by Crippen LogP contribution is -2.80. The lowest BCUT2D eigenvalue weighted by atomic mass is 10.1. The molecule has 0 aliphatic rings. The molecule has 0 atom stereocenters. The normalized spacial score (nSPS) is 10.8. The van der Waals surface area contributed by atoms with Crippen LogP contribution in [0.2, 0.25) is 0 Å². The highest BCUT2D eigenvalue weighted by molar-refractivity contribution is 5.72. The highest BCUT2D eigenvalue weighted by Crippen LogP contribution is 2.11. The fourth-order valence-electron chi connectivity index (χ4n) is 3.92. The van der Waals surface area contributed by atoms with Crippen molar-refractivity contribution in [1.82, 2.24) is 0 Å². The van der Waals surface area contributed by atoms with E-state index in [-0.39, 0.29) is 5.97 Å². The molecule has 2 N–H and O–H groups in total. The third kappa shape index (κ3) is 6.85. The SMILES string of the molecule is Cc1cc(C)cc(C[NH2+]Cc2ccc(COC(=O)Cc3cc(C)cc(C)c3)cc2)c1. The molecule has 30 heavy (non-hydrogen) atoms. The molecule has 0 fully saturated rings. The second kappa shape index (κ2) is 10.2. The van der Waals surface area contributed by atoms with Gasteiger partial charge in [0.1, 0.15) is 19.7 Å². The van der Waals surface area contributed by atoms with Crippen molar-refractivity contribution in [2.45, 2.75) is 53.8 Å². The van der Waals surface area contributed by atoms with Gasteiger partial charge in [-0.1, -0.05) is 82.9 Å². The molecule has 0 radical (unpaired) electrons. The number of carbonyl (C=O) groups is 1. The van der Waals surface area contributed by atoms with Gasteiger partial charge in [-0.2, -0.15) is 0 Å². The van der Waals surface area contributed by atoms with Crippen molar-refractivity contribution in [3.63, 3.8) is 0 Å². The fraction of sp³-hybridized carbons (Fsp3) is 0.296. The van der Waals surface area contributed by atoms with Crippen LogP contribution in [0.25, 0.3) is 0 Å². The monoisotopic (exact) mass is 402 g/mol. The molecule has 3 rings (SSSR count). The molecule has 0 amide bonds. The van der Waals surface area contributed by atoms with E-state index in [9.17, 15) is 4.79 Å². The number of ether oxygens (including phenoxy) is 1. The first-order valence-electron chi connectivity index (χ1n) is 10.6. The summed E-state index contributed by atoms with van der Waals surface area (Å²) in [4.78, 5) is 12.2. The third-order valence-electron chi connectivity index (χ3n) is 5.09. The largest absolute Gasteiger partial charge is 0.461 e. The number of rotatable bonds is 8. The summed E-state index contributed by atoms with van der Waals surface area (Å²) in [5.41, 5.74) is 9.62. The first-order chi connectivity index (χ1) is 14.4. The number of hydrogen-bond acceptors (Lipinski definition) is 2. The van der Waals surface area contributed by atoms with Crippen molar-refractivity contribution in [1.29, 1.82) is 0 Å². The average Bonchev–Trinajstić information content (AvgIpc) is 2.66. The van der Waals surface area contributed by atoms with Crippen LogP contribution < -0.4 is 5.32 Å². The Hall–Kier alpha value is -2.91. The Labute approximate surface area is 180 Å². The summed E-state index contributed by atoms with van der Waals surface area (Å²) in [7, 11) is 0. The van der Waals surface area contributed by atoms with E-state index in [0.29, 0.717) is 13.0 Å². The molecule has 156 valence electrons. The zero-order valence-electron chi connectivity index (χ0n) is 18.5. The Morgan fingerprint density at radius 2 is 1.13 bits per heavy atom. The van der Waals surface area contributed by atoms with Crippen LogP contribution in [0.1, 0.15) is 44.5 Å². The van der Waals surface area contributed by atoms with E-state index in [4.69, 9.17) is 4.74 Å². The molecule has 0 aliphatic carbocycles. The molecule has 0 bridgehead atoms. The van der Waals surface area contributed by atoms with Crippen LogP contribution in [-0.2, 0) is 35.6 Å². The maximum absolute atomic E-state index is 12.2. The molecule has 0 unspecified atom stereocenters. The van der Waals surface area contributed by atoms with Gasteiger partial charge in [0.05, 0.1) is 6.42 Å². The van der Waals surface area contributed by atoms with E-state index >= 15 is 0 Å².